The van der Waals surface area contributed by atoms with Crippen LogP contribution in [0.15, 0.2) is 23.0 Å². The van der Waals surface area contributed by atoms with Crippen LogP contribution in [-0.4, -0.2) is 49.2 Å². The zero-order valence-corrected chi connectivity index (χ0v) is 27.1. The van der Waals surface area contributed by atoms with Crippen LogP contribution < -0.4 is 0 Å². The van der Waals surface area contributed by atoms with Gasteiger partial charge in [-0.3, -0.25) is 19.2 Å². The molecule has 1 saturated carbocycles. The van der Waals surface area contributed by atoms with E-state index in [4.69, 9.17) is 0 Å². The first-order chi connectivity index (χ1) is 19.6. The van der Waals surface area contributed by atoms with E-state index < -0.39 is 62.2 Å². The number of phenolic OH excluding ortho intramolecular Hbond substituents is 1. The lowest BCUT2D eigenvalue weighted by molar-refractivity contribution is -0.178. The van der Waals surface area contributed by atoms with E-state index in [0.29, 0.717) is 11.1 Å². The number of carbonyl (C=O) groups is 4. The summed E-state index contributed by atoms with van der Waals surface area (Å²) < 4.78 is 0. The number of allylic oxidation sites excluding steroid dienone is 1. The predicted molar refractivity (Wildman–Crippen MR) is 163 cm³/mol. The number of fused-ring (bicyclic) bond motifs is 3. The molecule has 43 heavy (non-hydrogen) atoms. The Hall–Kier alpha value is -3.26. The van der Waals surface area contributed by atoms with Gasteiger partial charge in [-0.25, -0.2) is 0 Å². The molecule has 3 aliphatic rings. The predicted octanol–water partition coefficient (Wildman–Crippen LogP) is 5.86. The Balaban J connectivity index is 2.01. The van der Waals surface area contributed by atoms with Gasteiger partial charge in [-0.05, 0) is 54.7 Å². The largest absolute Gasteiger partial charge is 0.508 e. The molecule has 0 aromatic heterocycles. The Labute approximate surface area is 253 Å². The molecule has 0 saturated heterocycles. The molecule has 0 bridgehead atoms. The van der Waals surface area contributed by atoms with Crippen molar-refractivity contribution < 1.29 is 39.6 Å². The molecule has 1 aromatic rings. The van der Waals surface area contributed by atoms with Crippen molar-refractivity contribution in [2.75, 3.05) is 0 Å². The summed E-state index contributed by atoms with van der Waals surface area (Å²) in [5.41, 5.74) is -4.46. The minimum absolute atomic E-state index is 0.0184. The fraction of sp³-hybridized carbons (Fsp3) is 0.600. The van der Waals surface area contributed by atoms with E-state index in [9.17, 15) is 39.6 Å². The third kappa shape index (κ3) is 4.50. The van der Waals surface area contributed by atoms with Crippen LogP contribution in [0.5, 0.6) is 5.75 Å². The van der Waals surface area contributed by atoms with Crippen molar-refractivity contribution in [1.82, 2.24) is 0 Å². The van der Waals surface area contributed by atoms with Gasteiger partial charge in [0, 0.05) is 34.2 Å². The second kappa shape index (κ2) is 10.1. The molecule has 1 aromatic carbocycles. The number of aromatic hydroxyl groups is 1. The average molecular weight is 595 g/mol. The Morgan fingerprint density at radius 2 is 1.63 bits per heavy atom. The molecule has 1 unspecified atom stereocenters. The summed E-state index contributed by atoms with van der Waals surface area (Å²) in [6, 6.07) is 1.87. The van der Waals surface area contributed by atoms with E-state index in [0.717, 1.165) is 12.5 Å². The zero-order chi connectivity index (χ0) is 32.8. The highest BCUT2D eigenvalue weighted by Crippen LogP contribution is 2.65. The van der Waals surface area contributed by atoms with E-state index in [-0.39, 0.29) is 60.2 Å². The van der Waals surface area contributed by atoms with Crippen molar-refractivity contribution >= 4 is 28.9 Å². The fourth-order valence-corrected chi connectivity index (χ4v) is 8.20. The monoisotopic (exact) mass is 594 g/mol. The van der Waals surface area contributed by atoms with Crippen LogP contribution in [0.1, 0.15) is 110 Å². The number of Topliss-reactive ketones (excluding diaryl/α,β-unsaturated/α-hetero) is 4. The van der Waals surface area contributed by atoms with Crippen LogP contribution in [-0.2, 0) is 32.0 Å². The minimum Gasteiger partial charge on any atom is -0.508 e. The van der Waals surface area contributed by atoms with Gasteiger partial charge in [0.2, 0.25) is 5.78 Å². The van der Waals surface area contributed by atoms with Crippen LogP contribution in [0, 0.1) is 28.1 Å². The van der Waals surface area contributed by atoms with Gasteiger partial charge < -0.3 is 20.4 Å². The molecule has 1 fully saturated rings. The van der Waals surface area contributed by atoms with Gasteiger partial charge in [0.15, 0.2) is 17.2 Å². The number of aryl methyl sites for hydroxylation is 1. The highest BCUT2D eigenvalue weighted by molar-refractivity contribution is 6.24. The molecule has 234 valence electrons. The topological polar surface area (TPSA) is 149 Å². The molecule has 4 N–H and O–H groups in total. The maximum atomic E-state index is 14.5. The van der Waals surface area contributed by atoms with Crippen LogP contribution in [0.25, 0.3) is 5.76 Å². The van der Waals surface area contributed by atoms with Crippen LogP contribution in [0.3, 0.4) is 0 Å². The third-order valence-electron chi connectivity index (χ3n) is 10.2. The molecule has 3 aliphatic carbocycles. The number of ketones is 4. The number of phenols is 1. The van der Waals surface area contributed by atoms with Gasteiger partial charge in [-0.2, -0.15) is 0 Å². The van der Waals surface area contributed by atoms with Gasteiger partial charge >= 0.3 is 0 Å². The smallest absolute Gasteiger partial charge is 0.203 e. The average Bonchev–Trinajstić information content (AvgIpc) is 2.84. The second-order valence-corrected chi connectivity index (χ2v) is 15.1. The van der Waals surface area contributed by atoms with Crippen LogP contribution in [0.2, 0.25) is 0 Å². The summed E-state index contributed by atoms with van der Waals surface area (Å²) in [6.45, 7) is 17.5. The van der Waals surface area contributed by atoms with Crippen LogP contribution >= 0.6 is 0 Å². The fourth-order valence-electron chi connectivity index (χ4n) is 8.20. The lowest BCUT2D eigenvalue weighted by Crippen LogP contribution is -2.69. The van der Waals surface area contributed by atoms with Gasteiger partial charge in [-0.1, -0.05) is 68.4 Å². The number of aliphatic hydroxyl groups is 3. The zero-order valence-electron chi connectivity index (χ0n) is 27.1. The number of hydrogen-bond acceptors (Lipinski definition) is 8. The number of aliphatic hydroxyl groups excluding tert-OH is 2. The van der Waals surface area contributed by atoms with E-state index in [1.165, 1.54) is 0 Å². The Morgan fingerprint density at radius 1 is 1.05 bits per heavy atom. The number of benzene rings is 1. The van der Waals surface area contributed by atoms with E-state index in [1.54, 1.807) is 27.7 Å². The Kier molecular flexibility index (Phi) is 7.70. The molecule has 0 aliphatic heterocycles. The first kappa shape index (κ1) is 32.6. The Bertz CT molecular complexity index is 1520. The summed E-state index contributed by atoms with van der Waals surface area (Å²) in [6.07, 6.45) is 0.681. The lowest BCUT2D eigenvalue weighted by atomic mass is 9.43. The summed E-state index contributed by atoms with van der Waals surface area (Å²) in [4.78, 5) is 53.5. The normalized spacial score (nSPS) is 29.2. The molecule has 8 nitrogen and oxygen atoms in total. The highest BCUT2D eigenvalue weighted by atomic mass is 16.3. The summed E-state index contributed by atoms with van der Waals surface area (Å²) >= 11 is 0. The van der Waals surface area contributed by atoms with Gasteiger partial charge in [0.1, 0.15) is 28.6 Å². The number of rotatable bonds is 6. The number of hydrogen-bond donors (Lipinski definition) is 4. The lowest BCUT2D eigenvalue weighted by Gasteiger charge is -2.60. The SMILES string of the molecule is CC(=O)C1=C(O)[C@]2(O)C(=O)C3=C(O)c4c(O)c(CCC(=O)C(C)(C)C)cc(C(C)C)c4C[C@]3(C)C[C@]2(C)C(C(C)C)C1=O. The molecular formula is C35H46O8. The van der Waals surface area contributed by atoms with E-state index >= 15 is 0 Å². The second-order valence-electron chi connectivity index (χ2n) is 15.1. The minimum atomic E-state index is -2.65. The van der Waals surface area contributed by atoms with Gasteiger partial charge in [0.05, 0.1) is 5.56 Å². The maximum absolute atomic E-state index is 14.5. The van der Waals surface area contributed by atoms with E-state index in [1.807, 2.05) is 40.7 Å². The quantitative estimate of drug-likeness (QED) is 0.299. The molecule has 4 rings (SSSR count). The summed E-state index contributed by atoms with van der Waals surface area (Å²) in [5, 5.41) is 47.0. The standard InChI is InChI=1S/C35H46O8/c1-16(2)20-13-19(11-12-22(37)32(6,7)8)27(38)24-21(20)14-33(9)15-34(10)25(17(3)4)28(39)23(18(5)36)30(41)35(34,43)31(42)26(33)29(24)40/h13,16-17,25,38,40-41,43H,11-12,14-15H2,1-10H3/t25?,33-,34-,35+/m1/s1. The van der Waals surface area contributed by atoms with Crippen molar-refractivity contribution in [3.63, 3.8) is 0 Å². The molecule has 0 spiro atoms. The number of carbonyl (C=O) groups excluding carboxylic acids is 4. The first-order valence-electron chi connectivity index (χ1n) is 15.2. The first-order valence-corrected chi connectivity index (χ1v) is 15.2. The molecule has 8 heteroatoms. The van der Waals surface area contributed by atoms with Crippen molar-refractivity contribution in [2.24, 2.45) is 28.1 Å². The Morgan fingerprint density at radius 3 is 2.12 bits per heavy atom. The molecule has 0 radical (unpaired) electrons. The van der Waals surface area contributed by atoms with Crippen molar-refractivity contribution in [3.8, 4) is 5.75 Å². The molecule has 0 amide bonds. The van der Waals surface area contributed by atoms with Crippen LogP contribution in [0.4, 0.5) is 0 Å². The summed E-state index contributed by atoms with van der Waals surface area (Å²) in [7, 11) is 0. The van der Waals surface area contributed by atoms with Crippen molar-refractivity contribution in [3.05, 3.63) is 45.2 Å². The molecule has 0 heterocycles. The highest BCUT2D eigenvalue weighted by Gasteiger charge is 2.72. The maximum Gasteiger partial charge on any atom is 0.203 e. The van der Waals surface area contributed by atoms with Gasteiger partial charge in [0.25, 0.3) is 0 Å². The summed E-state index contributed by atoms with van der Waals surface area (Å²) in [5.74, 6) is -5.41. The van der Waals surface area contributed by atoms with Crippen molar-refractivity contribution in [2.45, 2.75) is 106 Å². The molecule has 4 atom stereocenters. The third-order valence-corrected chi connectivity index (χ3v) is 10.2. The van der Waals surface area contributed by atoms with Gasteiger partial charge in [-0.15, -0.1) is 0 Å². The molecular weight excluding hydrogens is 548 g/mol. The van der Waals surface area contributed by atoms with Crippen molar-refractivity contribution in [1.29, 1.82) is 0 Å². The van der Waals surface area contributed by atoms with E-state index in [2.05, 4.69) is 0 Å².